The normalized spacial score (nSPS) is 19.0. The van der Waals surface area contributed by atoms with E-state index in [2.05, 4.69) is 14.8 Å². The van der Waals surface area contributed by atoms with Gasteiger partial charge in [-0.3, -0.25) is 9.78 Å². The Balaban J connectivity index is 2.03. The van der Waals surface area contributed by atoms with E-state index in [0.717, 1.165) is 4.31 Å². The third-order valence-corrected chi connectivity index (χ3v) is 6.27. The maximum atomic E-state index is 12.9. The first-order valence-corrected chi connectivity index (χ1v) is 9.46. The molecule has 1 saturated heterocycles. The molecule has 3 rings (SSSR count). The summed E-state index contributed by atoms with van der Waals surface area (Å²) in [6.45, 7) is 0.180. The molecule has 1 aliphatic rings. The van der Waals surface area contributed by atoms with E-state index < -0.39 is 22.0 Å². The summed E-state index contributed by atoms with van der Waals surface area (Å²) in [7, 11) is -3.93. The average Bonchev–Trinajstić information content (AvgIpc) is 3.12. The SMILES string of the molecule is NC(=NCl)Nc1cncc2cc(S(=O)(=O)N3CCC[C@@H]3C(=O)O)ccc12. The van der Waals surface area contributed by atoms with Crippen molar-refractivity contribution in [1.82, 2.24) is 9.29 Å². The van der Waals surface area contributed by atoms with Gasteiger partial charge in [-0.05, 0) is 25.0 Å². The molecular formula is C15H16ClN5O4S. The van der Waals surface area contributed by atoms with Crippen LogP contribution in [0.3, 0.4) is 0 Å². The molecule has 2 aromatic rings. The van der Waals surface area contributed by atoms with Crippen LogP contribution in [0.15, 0.2) is 40.0 Å². The lowest BCUT2D eigenvalue weighted by Crippen LogP contribution is -2.40. The molecule has 26 heavy (non-hydrogen) atoms. The van der Waals surface area contributed by atoms with Crippen molar-refractivity contribution in [3.63, 3.8) is 0 Å². The largest absolute Gasteiger partial charge is 0.480 e. The number of aromatic nitrogens is 1. The average molecular weight is 398 g/mol. The lowest BCUT2D eigenvalue weighted by atomic mass is 10.1. The van der Waals surface area contributed by atoms with Gasteiger partial charge in [-0.2, -0.15) is 4.31 Å². The van der Waals surface area contributed by atoms with Gasteiger partial charge in [-0.15, -0.1) is 4.51 Å². The van der Waals surface area contributed by atoms with Gasteiger partial charge in [0.15, 0.2) is 0 Å². The molecule has 0 spiro atoms. The number of nitrogens with one attached hydrogen (secondary N) is 1. The van der Waals surface area contributed by atoms with Crippen LogP contribution in [0.25, 0.3) is 10.8 Å². The molecule has 11 heteroatoms. The number of nitrogens with two attached hydrogens (primary N) is 1. The number of aliphatic carboxylic acids is 1. The van der Waals surface area contributed by atoms with Crippen LogP contribution in [0.1, 0.15) is 12.8 Å². The van der Waals surface area contributed by atoms with Crippen molar-refractivity contribution in [1.29, 1.82) is 0 Å². The Kier molecular flexibility index (Phi) is 4.99. The molecule has 0 aliphatic carbocycles. The second kappa shape index (κ2) is 7.06. The number of hydrogen-bond acceptors (Lipinski definition) is 5. The van der Waals surface area contributed by atoms with Crippen LogP contribution in [0, 0.1) is 0 Å². The minimum Gasteiger partial charge on any atom is -0.480 e. The summed E-state index contributed by atoms with van der Waals surface area (Å²) >= 11 is 5.30. The predicted molar refractivity (Wildman–Crippen MR) is 97.4 cm³/mol. The van der Waals surface area contributed by atoms with Gasteiger partial charge in [0.05, 0.1) is 16.8 Å². The van der Waals surface area contributed by atoms with Gasteiger partial charge in [0.2, 0.25) is 16.0 Å². The topological polar surface area (TPSA) is 138 Å². The highest BCUT2D eigenvalue weighted by Crippen LogP contribution is 2.30. The van der Waals surface area contributed by atoms with Crippen LogP contribution in [-0.2, 0) is 14.8 Å². The minimum absolute atomic E-state index is 0.0103. The van der Waals surface area contributed by atoms with Crippen molar-refractivity contribution >= 4 is 50.2 Å². The Morgan fingerprint density at radius 1 is 1.42 bits per heavy atom. The molecule has 1 aromatic carbocycles. The fourth-order valence-electron chi connectivity index (χ4n) is 2.98. The van der Waals surface area contributed by atoms with Gasteiger partial charge >= 0.3 is 5.97 Å². The first-order valence-electron chi connectivity index (χ1n) is 7.68. The van der Waals surface area contributed by atoms with Gasteiger partial charge in [0, 0.05) is 35.3 Å². The van der Waals surface area contributed by atoms with E-state index in [4.69, 9.17) is 17.5 Å². The van der Waals surface area contributed by atoms with Gasteiger partial charge in [-0.1, -0.05) is 6.07 Å². The minimum atomic E-state index is -3.93. The maximum absolute atomic E-state index is 12.9. The van der Waals surface area contributed by atoms with Crippen molar-refractivity contribution < 1.29 is 18.3 Å². The number of carboxylic acids is 1. The van der Waals surface area contributed by atoms with Crippen LogP contribution < -0.4 is 11.1 Å². The number of rotatable bonds is 4. The van der Waals surface area contributed by atoms with Crippen molar-refractivity contribution in [2.24, 2.45) is 10.2 Å². The zero-order chi connectivity index (χ0) is 18.9. The number of carbonyl (C=O) groups is 1. The van der Waals surface area contributed by atoms with Gasteiger partial charge < -0.3 is 16.2 Å². The van der Waals surface area contributed by atoms with Crippen molar-refractivity contribution in [2.75, 3.05) is 11.9 Å². The summed E-state index contributed by atoms with van der Waals surface area (Å²) < 4.78 is 30.1. The number of pyridine rings is 1. The highest BCUT2D eigenvalue weighted by molar-refractivity contribution is 7.89. The molecule has 138 valence electrons. The molecule has 1 fully saturated rings. The lowest BCUT2D eigenvalue weighted by Gasteiger charge is -2.21. The Hall–Kier alpha value is -2.43. The molecule has 2 heterocycles. The van der Waals surface area contributed by atoms with Crippen LogP contribution in [0.2, 0.25) is 0 Å². The predicted octanol–water partition coefficient (Wildman–Crippen LogP) is 1.35. The number of carboxylic acid groups (broad SMARTS) is 1. The van der Waals surface area contributed by atoms with Gasteiger partial charge in [-0.25, -0.2) is 8.42 Å². The van der Waals surface area contributed by atoms with E-state index in [1.54, 1.807) is 6.07 Å². The quantitative estimate of drug-likeness (QED) is 0.522. The van der Waals surface area contributed by atoms with Crippen LogP contribution >= 0.6 is 11.8 Å². The van der Waals surface area contributed by atoms with Crippen LogP contribution in [0.4, 0.5) is 5.69 Å². The fraction of sp³-hybridized carbons (Fsp3) is 0.267. The molecule has 9 nitrogen and oxygen atoms in total. The smallest absolute Gasteiger partial charge is 0.322 e. The Morgan fingerprint density at radius 3 is 2.88 bits per heavy atom. The van der Waals surface area contributed by atoms with E-state index in [0.29, 0.717) is 29.3 Å². The lowest BCUT2D eigenvalue weighted by molar-refractivity contribution is -0.140. The molecule has 0 amide bonds. The standard InChI is InChI=1S/C15H16ClN5O4S/c16-20-15(17)19-12-8-18-7-9-6-10(3-4-11(9)12)26(24,25)21-5-1-2-13(21)14(22)23/h3-4,6-8,13H,1-2,5H2,(H,22,23)(H3,17,19,20)/t13-/m1/s1. The molecule has 0 unspecified atom stereocenters. The van der Waals surface area contributed by atoms with E-state index in [-0.39, 0.29) is 17.4 Å². The van der Waals surface area contributed by atoms with E-state index in [9.17, 15) is 18.3 Å². The number of sulfonamides is 1. The number of halogens is 1. The first kappa shape index (κ1) is 18.4. The molecule has 0 saturated carbocycles. The first-order chi connectivity index (χ1) is 12.3. The molecule has 1 aromatic heterocycles. The molecule has 1 atom stereocenters. The Bertz CT molecular complexity index is 995. The summed E-state index contributed by atoms with van der Waals surface area (Å²) in [6, 6.07) is 3.43. The Morgan fingerprint density at radius 2 is 2.19 bits per heavy atom. The second-order valence-corrected chi connectivity index (χ2v) is 7.84. The maximum Gasteiger partial charge on any atom is 0.322 e. The molecule has 0 radical (unpaired) electrons. The zero-order valence-electron chi connectivity index (χ0n) is 13.5. The van der Waals surface area contributed by atoms with E-state index in [1.807, 2.05) is 0 Å². The summed E-state index contributed by atoms with van der Waals surface area (Å²) in [5, 5.41) is 13.2. The highest BCUT2D eigenvalue weighted by Gasteiger charge is 2.39. The van der Waals surface area contributed by atoms with E-state index in [1.165, 1.54) is 24.5 Å². The van der Waals surface area contributed by atoms with Crippen LogP contribution in [-0.4, -0.2) is 47.3 Å². The fourth-order valence-corrected chi connectivity index (χ4v) is 4.71. The van der Waals surface area contributed by atoms with Gasteiger partial charge in [0.1, 0.15) is 6.04 Å². The second-order valence-electron chi connectivity index (χ2n) is 5.78. The zero-order valence-corrected chi connectivity index (χ0v) is 15.0. The molecule has 0 bridgehead atoms. The molecule has 4 N–H and O–H groups in total. The monoisotopic (exact) mass is 397 g/mol. The summed E-state index contributed by atoms with van der Waals surface area (Å²) in [5.41, 5.74) is 6.05. The number of hydrogen-bond donors (Lipinski definition) is 3. The number of nitrogens with zero attached hydrogens (tertiary/aromatic N) is 3. The Labute approximate surface area is 154 Å². The number of benzene rings is 1. The third-order valence-electron chi connectivity index (χ3n) is 4.18. The number of guanidine groups is 1. The molecule has 1 aliphatic heterocycles. The summed E-state index contributed by atoms with van der Waals surface area (Å²) in [4.78, 5) is 15.4. The van der Waals surface area contributed by atoms with Crippen LogP contribution in [0.5, 0.6) is 0 Å². The highest BCUT2D eigenvalue weighted by atomic mass is 35.5. The molecular weight excluding hydrogens is 382 g/mol. The number of anilines is 1. The van der Waals surface area contributed by atoms with Crippen molar-refractivity contribution in [3.05, 3.63) is 30.6 Å². The van der Waals surface area contributed by atoms with E-state index >= 15 is 0 Å². The summed E-state index contributed by atoms with van der Waals surface area (Å²) in [6.07, 6.45) is 3.82. The summed E-state index contributed by atoms with van der Waals surface area (Å²) in [5.74, 6) is -1.17. The number of fused-ring (bicyclic) bond motifs is 1. The van der Waals surface area contributed by atoms with Gasteiger partial charge in [0.25, 0.3) is 0 Å². The van der Waals surface area contributed by atoms with Crippen molar-refractivity contribution in [3.8, 4) is 0 Å². The van der Waals surface area contributed by atoms with Crippen molar-refractivity contribution in [2.45, 2.75) is 23.8 Å². The third kappa shape index (κ3) is 3.30.